The fraction of sp³-hybridized carbons (Fsp3) is 0.818. The van der Waals surface area contributed by atoms with Crippen molar-refractivity contribution in [3.8, 4) is 0 Å². The van der Waals surface area contributed by atoms with Gasteiger partial charge in [-0.05, 0) is 19.8 Å². The predicted octanol–water partition coefficient (Wildman–Crippen LogP) is -0.202. The van der Waals surface area contributed by atoms with Crippen LogP contribution >= 0.6 is 0 Å². The van der Waals surface area contributed by atoms with Crippen LogP contribution in [0.5, 0.6) is 0 Å². The molecule has 0 saturated carbocycles. The molecule has 103 valence electrons. The molecule has 1 rings (SSSR count). The maximum absolute atomic E-state index is 11.7. The molecular formula is C11H22N3O3Y-. The number of amides is 1. The molecule has 18 heavy (non-hydrogen) atoms. The Morgan fingerprint density at radius 1 is 1.44 bits per heavy atom. The summed E-state index contributed by atoms with van der Waals surface area (Å²) >= 11 is 0. The number of hydrogen-bond acceptors (Lipinski definition) is 4. The van der Waals surface area contributed by atoms with Gasteiger partial charge in [0.2, 0.25) is 5.91 Å². The van der Waals surface area contributed by atoms with Gasteiger partial charge in [-0.1, -0.05) is 0 Å². The monoisotopic (exact) mass is 333 g/mol. The van der Waals surface area contributed by atoms with Crippen molar-refractivity contribution in [2.75, 3.05) is 20.1 Å². The van der Waals surface area contributed by atoms with Gasteiger partial charge in [0.25, 0.3) is 0 Å². The van der Waals surface area contributed by atoms with E-state index >= 15 is 0 Å². The van der Waals surface area contributed by atoms with E-state index in [-0.39, 0.29) is 44.5 Å². The molecule has 0 aromatic heterocycles. The maximum Gasteiger partial charge on any atom is 0.242 e. The zero-order valence-electron chi connectivity index (χ0n) is 11.0. The first-order chi connectivity index (χ1) is 8.06. The van der Waals surface area contributed by atoms with Crippen molar-refractivity contribution in [2.24, 2.45) is 11.7 Å². The van der Waals surface area contributed by atoms with Gasteiger partial charge in [-0.25, -0.2) is 0 Å². The average molecular weight is 333 g/mol. The Balaban J connectivity index is 0. The molecule has 1 radical (unpaired) electrons. The fourth-order valence-corrected chi connectivity index (χ4v) is 1.67. The number of nitrogens with zero attached hydrogens (tertiary/aromatic N) is 1. The zero-order valence-corrected chi connectivity index (χ0v) is 13.8. The van der Waals surface area contributed by atoms with Crippen LogP contribution in [0.1, 0.15) is 19.8 Å². The molecule has 1 fully saturated rings. The molecule has 0 aromatic carbocycles. The van der Waals surface area contributed by atoms with Crippen LogP contribution in [-0.2, 0) is 42.3 Å². The first-order valence-electron chi connectivity index (χ1n) is 5.74. The molecule has 1 saturated heterocycles. The number of hydrogen-bond donors (Lipinski definition) is 2. The number of aliphatic hydroxyl groups is 1. The normalized spacial score (nSPS) is 18.8. The van der Waals surface area contributed by atoms with E-state index < -0.39 is 12.1 Å². The van der Waals surface area contributed by atoms with Crippen molar-refractivity contribution >= 4 is 12.2 Å². The summed E-state index contributed by atoms with van der Waals surface area (Å²) in [5.41, 5.74) is 11.3. The number of nitrogens with two attached hydrogens (primary N) is 1. The minimum atomic E-state index is -0.849. The van der Waals surface area contributed by atoms with Gasteiger partial charge in [0.1, 0.15) is 12.3 Å². The number of rotatable bonds is 3. The van der Waals surface area contributed by atoms with Crippen LogP contribution in [0.15, 0.2) is 0 Å². The molecule has 0 aliphatic carbocycles. The van der Waals surface area contributed by atoms with Gasteiger partial charge < -0.3 is 26.3 Å². The maximum atomic E-state index is 11.7. The van der Waals surface area contributed by atoms with Gasteiger partial charge in [0, 0.05) is 51.7 Å². The first kappa shape index (κ1) is 20.4. The zero-order chi connectivity index (χ0) is 13.4. The molecule has 0 aromatic rings. The van der Waals surface area contributed by atoms with Gasteiger partial charge in [-0.2, -0.15) is 7.05 Å². The largest absolute Gasteiger partial charge is 0.680 e. The third kappa shape index (κ3) is 6.34. The molecular weight excluding hydrogens is 311 g/mol. The first-order valence-corrected chi connectivity index (χ1v) is 5.74. The van der Waals surface area contributed by atoms with E-state index in [2.05, 4.69) is 0 Å². The standard InChI is InChI=1S/C10H18N2O3.CH4N.Y/c1-7(14)9(11)10(15)12-4-2-8(6-13)3-5-12;1-2;/h6-9,14H,2-5,11H2,1H3;2H,1H3;/q;-1;. The number of nitrogens with one attached hydrogen (secondary N) is 1. The summed E-state index contributed by atoms with van der Waals surface area (Å²) < 4.78 is 0. The molecule has 2 unspecified atom stereocenters. The number of piperidine rings is 1. The van der Waals surface area contributed by atoms with E-state index in [0.29, 0.717) is 25.9 Å². The van der Waals surface area contributed by atoms with Crippen LogP contribution in [0.4, 0.5) is 0 Å². The predicted molar refractivity (Wildman–Crippen MR) is 65.3 cm³/mol. The van der Waals surface area contributed by atoms with Crippen molar-refractivity contribution in [2.45, 2.75) is 31.9 Å². The van der Waals surface area contributed by atoms with Crippen LogP contribution in [-0.4, -0.2) is 54.5 Å². The molecule has 1 heterocycles. The van der Waals surface area contributed by atoms with Crippen molar-refractivity contribution in [1.29, 1.82) is 0 Å². The second-order valence-corrected chi connectivity index (χ2v) is 4.07. The number of aliphatic hydroxyl groups excluding tert-OH is 1. The molecule has 2 atom stereocenters. The Hall–Kier alpha value is 0.124. The Morgan fingerprint density at radius 2 is 1.89 bits per heavy atom. The number of carbonyl (C=O) groups excluding carboxylic acids is 2. The van der Waals surface area contributed by atoms with E-state index in [0.717, 1.165) is 6.29 Å². The summed E-state index contributed by atoms with van der Waals surface area (Å²) in [5.74, 6) is -0.161. The van der Waals surface area contributed by atoms with E-state index in [1.54, 1.807) is 4.90 Å². The Morgan fingerprint density at radius 3 is 2.22 bits per heavy atom. The third-order valence-electron chi connectivity index (χ3n) is 2.85. The van der Waals surface area contributed by atoms with Crippen LogP contribution in [0, 0.1) is 5.92 Å². The van der Waals surface area contributed by atoms with Crippen LogP contribution in [0.2, 0.25) is 0 Å². The molecule has 4 N–H and O–H groups in total. The molecule has 6 nitrogen and oxygen atoms in total. The molecule has 1 aliphatic heterocycles. The van der Waals surface area contributed by atoms with E-state index in [4.69, 9.17) is 11.5 Å². The Kier molecular flexibility index (Phi) is 12.5. The molecule has 7 heteroatoms. The van der Waals surface area contributed by atoms with Crippen LogP contribution in [0.25, 0.3) is 5.73 Å². The van der Waals surface area contributed by atoms with Crippen LogP contribution in [0.3, 0.4) is 0 Å². The van der Waals surface area contributed by atoms with Crippen molar-refractivity contribution in [1.82, 2.24) is 4.90 Å². The van der Waals surface area contributed by atoms with Crippen LogP contribution < -0.4 is 5.73 Å². The SMILES string of the molecule is CC(O)C(N)C(=O)N1CCC(C=O)CC1.C[NH-].[Y]. The molecule has 0 spiro atoms. The third-order valence-corrected chi connectivity index (χ3v) is 2.85. The van der Waals surface area contributed by atoms with Gasteiger partial charge in [-0.3, -0.25) is 4.79 Å². The average Bonchev–Trinajstić information content (AvgIpc) is 2.39. The molecule has 1 aliphatic rings. The van der Waals surface area contributed by atoms with Crippen molar-refractivity contribution < 1.29 is 47.4 Å². The minimum absolute atomic E-state index is 0. The van der Waals surface area contributed by atoms with Gasteiger partial charge in [0.05, 0.1) is 6.10 Å². The minimum Gasteiger partial charge on any atom is -0.680 e. The fourth-order valence-electron chi connectivity index (χ4n) is 1.67. The van der Waals surface area contributed by atoms with Gasteiger partial charge in [-0.15, -0.1) is 0 Å². The van der Waals surface area contributed by atoms with Crippen molar-refractivity contribution in [3.05, 3.63) is 5.73 Å². The van der Waals surface area contributed by atoms with Gasteiger partial charge in [0.15, 0.2) is 0 Å². The Labute approximate surface area is 133 Å². The second kappa shape index (κ2) is 11.0. The number of carbonyl (C=O) groups is 2. The Bertz CT molecular complexity index is 244. The van der Waals surface area contributed by atoms with Crippen molar-refractivity contribution in [3.63, 3.8) is 0 Å². The summed E-state index contributed by atoms with van der Waals surface area (Å²) in [7, 11) is 1.25. The summed E-state index contributed by atoms with van der Waals surface area (Å²) in [5, 5.41) is 9.19. The second-order valence-electron chi connectivity index (χ2n) is 4.07. The topological polar surface area (TPSA) is 107 Å². The summed E-state index contributed by atoms with van der Waals surface area (Å²) in [4.78, 5) is 23.8. The smallest absolute Gasteiger partial charge is 0.242 e. The number of likely N-dealkylation sites (tertiary alicyclic amines) is 1. The van der Waals surface area contributed by atoms with E-state index in [9.17, 15) is 14.7 Å². The summed E-state index contributed by atoms with van der Waals surface area (Å²) in [6.45, 7) is 2.62. The molecule has 0 bridgehead atoms. The van der Waals surface area contributed by atoms with Gasteiger partial charge >= 0.3 is 0 Å². The number of aldehydes is 1. The van der Waals surface area contributed by atoms with E-state index in [1.165, 1.54) is 14.0 Å². The summed E-state index contributed by atoms with van der Waals surface area (Å²) in [6, 6.07) is -0.849. The molecule has 1 amide bonds. The van der Waals surface area contributed by atoms with E-state index in [1.807, 2.05) is 0 Å². The quantitative estimate of drug-likeness (QED) is 0.697. The summed E-state index contributed by atoms with van der Waals surface area (Å²) in [6.07, 6.45) is 1.50.